The summed E-state index contributed by atoms with van der Waals surface area (Å²) in [5.41, 5.74) is 6.59. The zero-order valence-electron chi connectivity index (χ0n) is 21.4. The van der Waals surface area contributed by atoms with Crippen molar-refractivity contribution in [2.75, 3.05) is 26.5 Å². The molecule has 194 valence electrons. The first-order chi connectivity index (χ1) is 17.7. The highest BCUT2D eigenvalue weighted by atomic mass is 32.2. The summed E-state index contributed by atoms with van der Waals surface area (Å²) >= 11 is 0. The second kappa shape index (κ2) is 10.1. The third-order valence-electron chi connectivity index (χ3n) is 6.93. The molecule has 1 heterocycles. The number of carbonyl (C=O) groups is 1. The van der Waals surface area contributed by atoms with Gasteiger partial charge in [-0.1, -0.05) is 18.2 Å². The predicted molar refractivity (Wildman–Crippen MR) is 143 cm³/mol. The fourth-order valence-electron chi connectivity index (χ4n) is 5.06. The Morgan fingerprint density at radius 2 is 1.92 bits per heavy atom. The molecule has 1 aromatic heterocycles. The lowest BCUT2D eigenvalue weighted by Crippen LogP contribution is -2.35. The maximum atomic E-state index is 13.2. The smallest absolute Gasteiger partial charge is 0.333 e. The van der Waals surface area contributed by atoms with Gasteiger partial charge < -0.3 is 15.0 Å². The molecule has 2 aliphatic rings. The van der Waals surface area contributed by atoms with Crippen molar-refractivity contribution in [2.45, 2.75) is 49.5 Å². The van der Waals surface area contributed by atoms with Crippen molar-refractivity contribution < 1.29 is 17.9 Å². The Morgan fingerprint density at radius 1 is 1.11 bits per heavy atom. The van der Waals surface area contributed by atoms with Gasteiger partial charge in [0, 0.05) is 24.4 Å². The second-order valence-electron chi connectivity index (χ2n) is 10.00. The number of urea groups is 1. The zero-order chi connectivity index (χ0) is 26.2. The number of pyridine rings is 1. The lowest BCUT2D eigenvalue weighted by molar-refractivity contribution is 0.256. The van der Waals surface area contributed by atoms with Crippen molar-refractivity contribution in [2.24, 2.45) is 0 Å². The van der Waals surface area contributed by atoms with E-state index in [0.29, 0.717) is 17.5 Å². The number of hydrogen-bond donors (Lipinski definition) is 2. The van der Waals surface area contributed by atoms with Gasteiger partial charge in [-0.25, -0.2) is 22.9 Å². The Balaban J connectivity index is 1.42. The van der Waals surface area contributed by atoms with E-state index in [4.69, 9.17) is 4.74 Å². The van der Waals surface area contributed by atoms with E-state index in [1.165, 1.54) is 0 Å². The molecule has 0 radical (unpaired) electrons. The van der Waals surface area contributed by atoms with Gasteiger partial charge in [0.25, 0.3) is 10.0 Å². The van der Waals surface area contributed by atoms with E-state index in [-0.39, 0.29) is 4.90 Å². The van der Waals surface area contributed by atoms with Crippen molar-refractivity contribution in [1.29, 1.82) is 0 Å². The van der Waals surface area contributed by atoms with Crippen LogP contribution in [0.4, 0.5) is 10.5 Å². The fourth-order valence-corrected chi connectivity index (χ4v) is 6.00. The molecule has 2 aromatic carbocycles. The Hall–Kier alpha value is -3.43. The molecule has 9 heteroatoms. The molecular formula is C28H32N4O4S. The molecule has 2 amide bonds. The van der Waals surface area contributed by atoms with E-state index in [1.54, 1.807) is 31.5 Å². The Labute approximate surface area is 218 Å². The van der Waals surface area contributed by atoms with Crippen molar-refractivity contribution >= 4 is 21.7 Å². The highest BCUT2D eigenvalue weighted by Crippen LogP contribution is 2.43. The largest absolute Gasteiger partial charge is 0.481 e. The standard InChI is InChI=1S/C28H32N4O4S/c1-32(2)17-21-9-11-22(16-25(21)19-7-8-19)37(34,35)31-28(33)30-27-23-6-4-5-18(23)10-12-24(27)20-13-14-29-26(15-20)36-3/h9-16,19H,4-8,17H2,1-3H3,(H2,30,31,33). The van der Waals surface area contributed by atoms with Crippen LogP contribution in [-0.2, 0) is 29.4 Å². The summed E-state index contributed by atoms with van der Waals surface area (Å²) in [4.78, 5) is 19.4. The molecule has 0 aliphatic heterocycles. The molecule has 1 fully saturated rings. The quantitative estimate of drug-likeness (QED) is 0.447. The molecule has 3 aromatic rings. The number of methoxy groups -OCH3 is 1. The Kier molecular flexibility index (Phi) is 6.92. The number of carbonyl (C=O) groups excluding carboxylic acids is 1. The topological polar surface area (TPSA) is 101 Å². The van der Waals surface area contributed by atoms with E-state index >= 15 is 0 Å². The Bertz CT molecular complexity index is 1450. The van der Waals surface area contributed by atoms with Gasteiger partial charge in [0.1, 0.15) is 0 Å². The number of hydrogen-bond acceptors (Lipinski definition) is 6. The minimum absolute atomic E-state index is 0.101. The summed E-state index contributed by atoms with van der Waals surface area (Å²) in [6.45, 7) is 0.738. The summed E-state index contributed by atoms with van der Waals surface area (Å²) in [6, 6.07) is 12.0. The highest BCUT2D eigenvalue weighted by Gasteiger charge is 2.29. The van der Waals surface area contributed by atoms with Gasteiger partial charge in [0.2, 0.25) is 5.88 Å². The minimum Gasteiger partial charge on any atom is -0.481 e. The van der Waals surface area contributed by atoms with Crippen molar-refractivity contribution in [3.63, 3.8) is 0 Å². The van der Waals surface area contributed by atoms with Crippen LogP contribution in [0.5, 0.6) is 5.88 Å². The molecule has 2 aliphatic carbocycles. The van der Waals surface area contributed by atoms with Crippen LogP contribution in [0.3, 0.4) is 0 Å². The fraction of sp³-hybridized carbons (Fsp3) is 0.357. The average Bonchev–Trinajstić information content (AvgIpc) is 3.59. The van der Waals surface area contributed by atoms with E-state index in [1.807, 2.05) is 32.3 Å². The lowest BCUT2D eigenvalue weighted by atomic mass is 9.98. The normalized spacial score (nSPS) is 14.9. The molecule has 0 bridgehead atoms. The first-order valence-electron chi connectivity index (χ1n) is 12.5. The first kappa shape index (κ1) is 25.2. The number of nitrogens with one attached hydrogen (secondary N) is 2. The summed E-state index contributed by atoms with van der Waals surface area (Å²) in [7, 11) is 1.47. The highest BCUT2D eigenvalue weighted by molar-refractivity contribution is 7.90. The number of amides is 2. The molecule has 37 heavy (non-hydrogen) atoms. The average molecular weight is 521 g/mol. The number of nitrogens with zero attached hydrogens (tertiary/aromatic N) is 2. The number of ether oxygens (including phenoxy) is 1. The summed E-state index contributed by atoms with van der Waals surface area (Å²) in [5, 5.41) is 2.86. The number of rotatable bonds is 8. The van der Waals surface area contributed by atoms with E-state index in [2.05, 4.69) is 26.0 Å². The summed E-state index contributed by atoms with van der Waals surface area (Å²) < 4.78 is 34.0. The van der Waals surface area contributed by atoms with Crippen LogP contribution in [0.2, 0.25) is 0 Å². The SMILES string of the molecule is COc1cc(-c2ccc3c(c2NC(=O)NS(=O)(=O)c2ccc(CN(C)C)c(C4CC4)c2)CCC3)ccn1. The van der Waals surface area contributed by atoms with Crippen LogP contribution in [0.15, 0.2) is 53.6 Å². The first-order valence-corrected chi connectivity index (χ1v) is 14.0. The van der Waals surface area contributed by atoms with Gasteiger partial charge in [-0.2, -0.15) is 0 Å². The number of benzene rings is 2. The predicted octanol–water partition coefficient (Wildman–Crippen LogP) is 4.70. The van der Waals surface area contributed by atoms with Gasteiger partial charge in [-0.15, -0.1) is 0 Å². The monoisotopic (exact) mass is 520 g/mol. The number of sulfonamides is 1. The maximum absolute atomic E-state index is 13.2. The van der Waals surface area contributed by atoms with Crippen LogP contribution in [0.1, 0.15) is 47.4 Å². The third kappa shape index (κ3) is 5.47. The molecule has 0 unspecified atom stereocenters. The molecule has 5 rings (SSSR count). The van der Waals surface area contributed by atoms with Crippen LogP contribution in [-0.4, -0.2) is 45.5 Å². The maximum Gasteiger partial charge on any atom is 0.333 e. The van der Waals surface area contributed by atoms with E-state index in [9.17, 15) is 13.2 Å². The van der Waals surface area contributed by atoms with Crippen LogP contribution in [0, 0.1) is 0 Å². The second-order valence-corrected chi connectivity index (χ2v) is 11.7. The van der Waals surface area contributed by atoms with Gasteiger partial charge in [0.05, 0.1) is 17.7 Å². The van der Waals surface area contributed by atoms with Gasteiger partial charge in [0.15, 0.2) is 0 Å². The molecule has 2 N–H and O–H groups in total. The molecule has 0 spiro atoms. The molecule has 0 atom stereocenters. The van der Waals surface area contributed by atoms with E-state index < -0.39 is 16.1 Å². The van der Waals surface area contributed by atoms with Gasteiger partial charge >= 0.3 is 6.03 Å². The molecule has 8 nitrogen and oxygen atoms in total. The summed E-state index contributed by atoms with van der Waals surface area (Å²) in [5.74, 6) is 0.839. The molecular weight excluding hydrogens is 488 g/mol. The summed E-state index contributed by atoms with van der Waals surface area (Å²) in [6.07, 6.45) is 6.47. The van der Waals surface area contributed by atoms with Crippen LogP contribution in [0.25, 0.3) is 11.1 Å². The van der Waals surface area contributed by atoms with E-state index in [0.717, 1.165) is 72.0 Å². The number of aryl methyl sites for hydroxylation is 1. The molecule has 1 saturated carbocycles. The molecule has 0 saturated heterocycles. The van der Waals surface area contributed by atoms with Gasteiger partial charge in [-0.3, -0.25) is 0 Å². The third-order valence-corrected chi connectivity index (χ3v) is 8.26. The Morgan fingerprint density at radius 3 is 2.65 bits per heavy atom. The number of fused-ring (bicyclic) bond motifs is 1. The minimum atomic E-state index is -4.06. The van der Waals surface area contributed by atoms with Crippen molar-refractivity contribution in [3.8, 4) is 17.0 Å². The number of anilines is 1. The lowest BCUT2D eigenvalue weighted by Gasteiger charge is -2.18. The van der Waals surface area contributed by atoms with Crippen molar-refractivity contribution in [3.05, 3.63) is 70.9 Å². The number of aromatic nitrogens is 1. The zero-order valence-corrected chi connectivity index (χ0v) is 22.2. The van der Waals surface area contributed by atoms with Gasteiger partial charge in [-0.05, 0) is 98.1 Å². The van der Waals surface area contributed by atoms with Crippen molar-refractivity contribution in [1.82, 2.24) is 14.6 Å². The van der Waals surface area contributed by atoms with Crippen LogP contribution >= 0.6 is 0 Å². The van der Waals surface area contributed by atoms with Crippen LogP contribution < -0.4 is 14.8 Å².